The fourth-order valence-corrected chi connectivity index (χ4v) is 11.7. The number of rotatable bonds is 13. The van der Waals surface area contributed by atoms with E-state index in [2.05, 4.69) is 66.4 Å². The van der Waals surface area contributed by atoms with Gasteiger partial charge >= 0.3 is 0 Å². The van der Waals surface area contributed by atoms with Gasteiger partial charge in [0.15, 0.2) is 5.65 Å². The van der Waals surface area contributed by atoms with E-state index in [1.165, 1.54) is 28.8 Å². The molecule has 0 bridgehead atoms. The number of aromatic nitrogens is 4. The summed E-state index contributed by atoms with van der Waals surface area (Å²) in [4.78, 5) is 40.1. The van der Waals surface area contributed by atoms with Crippen molar-refractivity contribution >= 4 is 72.2 Å². The van der Waals surface area contributed by atoms with Crippen LogP contribution in [0.4, 0.5) is 17.1 Å². The monoisotopic (exact) mass is 958 g/mol. The Morgan fingerprint density at radius 2 is 1.66 bits per heavy atom. The molecule has 68 heavy (non-hydrogen) atoms. The fourth-order valence-electron chi connectivity index (χ4n) is 10.5. The number of ether oxygens (including phenoxy) is 1. The Labute approximate surface area is 402 Å². The molecular formula is C51H59ClN10O5S. The summed E-state index contributed by atoms with van der Waals surface area (Å²) < 4.78 is 37.5. The third-order valence-electron chi connectivity index (χ3n) is 14.4. The number of H-pyrrole nitrogens is 1. The van der Waals surface area contributed by atoms with Crippen molar-refractivity contribution in [3.05, 3.63) is 112 Å². The van der Waals surface area contributed by atoms with Gasteiger partial charge in [-0.2, -0.15) is 0 Å². The van der Waals surface area contributed by atoms with E-state index in [1.54, 1.807) is 29.2 Å². The fraction of sp³-hybridized carbons (Fsp3) is 0.431. The van der Waals surface area contributed by atoms with Gasteiger partial charge in [0.2, 0.25) is 0 Å². The molecule has 2 saturated heterocycles. The van der Waals surface area contributed by atoms with Gasteiger partial charge in [-0.1, -0.05) is 43.2 Å². The minimum atomic E-state index is -4.45. The Balaban J connectivity index is 0.864. The number of hydrogen-bond donors (Lipinski definition) is 4. The van der Waals surface area contributed by atoms with Gasteiger partial charge in [-0.25, -0.2) is 23.1 Å². The maximum atomic E-state index is 14.3. The molecule has 1 amide bonds. The lowest BCUT2D eigenvalue weighted by molar-refractivity contribution is 0.0730. The summed E-state index contributed by atoms with van der Waals surface area (Å²) in [5, 5.41) is 15.2. The van der Waals surface area contributed by atoms with Crippen molar-refractivity contribution in [2.45, 2.75) is 94.7 Å². The smallest absolute Gasteiger partial charge is 0.267 e. The largest absolute Gasteiger partial charge is 0.381 e. The standard InChI is InChI=1S/C51H59ClN10O5S/c1-51(2)19-15-35(43(30-51)33-3-5-36(52)6-4-33)32-60-21-23-61(24-22-60)40-11-13-42(47(28-40)62-48-27-34-16-20-53-49(34)57-46(48)31-54-62)50(63)59-68(65,66)41-12-14-44(45(29-41)58-64)56-38-9-7-37(8-10-38)55-39-17-25-67-26-18-39/h3-6,11-14,16,20,27-29,31,37-39,54-56H,7-10,15,17-19,21-26,30,32H2,1-2H3,(H,59,63). The average Bonchev–Trinajstić information content (AvgIpc) is 3.99. The van der Waals surface area contributed by atoms with E-state index in [-0.39, 0.29) is 27.6 Å². The highest BCUT2D eigenvalue weighted by Gasteiger charge is 2.31. The van der Waals surface area contributed by atoms with Gasteiger partial charge in [-0.3, -0.25) is 19.5 Å². The molecule has 4 N–H and O–H groups in total. The van der Waals surface area contributed by atoms with E-state index in [1.807, 2.05) is 36.4 Å². The van der Waals surface area contributed by atoms with Gasteiger partial charge < -0.3 is 20.3 Å². The molecule has 1 saturated carbocycles. The Morgan fingerprint density at radius 3 is 2.43 bits per heavy atom. The van der Waals surface area contributed by atoms with Gasteiger partial charge in [-0.15, -0.1) is 4.91 Å². The molecule has 5 heterocycles. The van der Waals surface area contributed by atoms with E-state index in [4.69, 9.17) is 21.3 Å². The zero-order valence-electron chi connectivity index (χ0n) is 38.6. The van der Waals surface area contributed by atoms with Crippen LogP contribution in [0.3, 0.4) is 0 Å². The highest BCUT2D eigenvalue weighted by Crippen LogP contribution is 2.43. The molecule has 2 aliphatic carbocycles. The normalized spacial score (nSPS) is 20.8. The number of hydrogen-bond acceptors (Lipinski definition) is 12. The number of nitrogens with zero attached hydrogens (tertiary/aromatic N) is 6. The predicted octanol–water partition coefficient (Wildman–Crippen LogP) is 9.35. The number of nitroso groups, excluding NO2 is 1. The van der Waals surface area contributed by atoms with Crippen LogP contribution in [0.5, 0.6) is 0 Å². The topological polar surface area (TPSA) is 179 Å². The molecular weight excluding hydrogens is 900 g/mol. The number of carbonyl (C=O) groups is 1. The van der Waals surface area contributed by atoms with Crippen LogP contribution in [0.2, 0.25) is 5.02 Å². The van der Waals surface area contributed by atoms with Crippen LogP contribution in [-0.2, 0) is 14.8 Å². The summed E-state index contributed by atoms with van der Waals surface area (Å²) in [6.07, 6.45) is 12.5. The van der Waals surface area contributed by atoms with Crippen molar-refractivity contribution in [2.75, 3.05) is 56.2 Å². The SMILES string of the molecule is CC1(C)CCC(CN2CCN(c3ccc(C(=O)NS(=O)(=O)c4ccc(NC5CCC(NC6CCOCC6)CC5)c(N=O)c4)c(-n4[nH]cc5nc6nccc6cc54)c3)CC2)=C(c2ccc(Cl)cc2)C1. The van der Waals surface area contributed by atoms with E-state index in [0.29, 0.717) is 40.1 Å². The number of anilines is 2. The summed E-state index contributed by atoms with van der Waals surface area (Å²) in [7, 11) is -4.45. The van der Waals surface area contributed by atoms with E-state index < -0.39 is 15.9 Å². The van der Waals surface area contributed by atoms with Crippen LogP contribution in [0.15, 0.2) is 101 Å². The molecule has 15 nitrogen and oxygen atoms in total. The first-order valence-electron chi connectivity index (χ1n) is 23.9. The molecule has 3 aromatic carbocycles. The molecule has 0 unspecified atom stereocenters. The first-order chi connectivity index (χ1) is 32.9. The summed E-state index contributed by atoms with van der Waals surface area (Å²) in [6.45, 7) is 10.4. The number of nitrogens with one attached hydrogen (secondary N) is 4. The quantitative estimate of drug-likeness (QED) is 0.0811. The molecule has 3 aromatic heterocycles. The second kappa shape index (κ2) is 19.4. The number of pyridine rings is 1. The van der Waals surface area contributed by atoms with Crippen LogP contribution in [0, 0.1) is 10.3 Å². The van der Waals surface area contributed by atoms with Crippen molar-refractivity contribution in [2.24, 2.45) is 10.6 Å². The van der Waals surface area contributed by atoms with Crippen molar-refractivity contribution < 1.29 is 17.9 Å². The van der Waals surface area contributed by atoms with Crippen LogP contribution >= 0.6 is 11.6 Å². The predicted molar refractivity (Wildman–Crippen MR) is 269 cm³/mol. The summed E-state index contributed by atoms with van der Waals surface area (Å²) >= 11 is 6.28. The van der Waals surface area contributed by atoms with E-state index >= 15 is 0 Å². The van der Waals surface area contributed by atoms with Gasteiger partial charge in [0, 0.05) is 92.6 Å². The van der Waals surface area contributed by atoms with Crippen LogP contribution in [0.25, 0.3) is 33.3 Å². The lowest BCUT2D eigenvalue weighted by Crippen LogP contribution is -2.47. The molecule has 3 fully saturated rings. The minimum absolute atomic E-state index is 0.0384. The number of amides is 1. The number of halogens is 1. The summed E-state index contributed by atoms with van der Waals surface area (Å²) in [5.74, 6) is -0.829. The second-order valence-electron chi connectivity index (χ2n) is 19.7. The van der Waals surface area contributed by atoms with E-state index in [0.717, 1.165) is 120 Å². The molecule has 2 aliphatic heterocycles. The van der Waals surface area contributed by atoms with Crippen LogP contribution in [0.1, 0.15) is 87.6 Å². The molecule has 0 radical (unpaired) electrons. The number of benzene rings is 3. The second-order valence-corrected chi connectivity index (χ2v) is 21.8. The van der Waals surface area contributed by atoms with Crippen LogP contribution in [-0.4, -0.2) is 103 Å². The summed E-state index contributed by atoms with van der Waals surface area (Å²) in [5.41, 5.74) is 8.21. The number of fused-ring (bicyclic) bond motifs is 2. The maximum Gasteiger partial charge on any atom is 0.267 e. The Hall–Kier alpha value is -5.65. The highest BCUT2D eigenvalue weighted by molar-refractivity contribution is 7.90. The highest BCUT2D eigenvalue weighted by atomic mass is 35.5. The molecule has 10 rings (SSSR count). The first kappa shape index (κ1) is 46.1. The van der Waals surface area contributed by atoms with Gasteiger partial charge in [-0.05, 0) is 140 Å². The molecule has 4 aliphatic rings. The van der Waals surface area contributed by atoms with E-state index in [9.17, 15) is 18.1 Å². The third-order valence-corrected chi connectivity index (χ3v) is 16.0. The molecule has 0 spiro atoms. The molecule has 0 atom stereocenters. The molecule has 17 heteroatoms. The number of sulfonamides is 1. The minimum Gasteiger partial charge on any atom is -0.381 e. The Morgan fingerprint density at radius 1 is 0.912 bits per heavy atom. The van der Waals surface area contributed by atoms with Crippen molar-refractivity contribution in [1.82, 2.24) is 34.7 Å². The average molecular weight is 960 g/mol. The Bertz CT molecular complexity index is 2960. The lowest BCUT2D eigenvalue weighted by Gasteiger charge is -2.39. The van der Waals surface area contributed by atoms with Crippen LogP contribution < -0.4 is 20.3 Å². The number of piperazine rings is 1. The maximum absolute atomic E-state index is 14.3. The van der Waals surface area contributed by atoms with Crippen molar-refractivity contribution in [3.63, 3.8) is 0 Å². The Kier molecular flexibility index (Phi) is 13.1. The molecule has 356 valence electrons. The van der Waals surface area contributed by atoms with Crippen molar-refractivity contribution in [1.29, 1.82) is 0 Å². The third kappa shape index (κ3) is 10.1. The number of carbonyl (C=O) groups excluding carboxylic acids is 1. The molecule has 6 aromatic rings. The number of allylic oxidation sites excluding steroid dienone is 1. The lowest BCUT2D eigenvalue weighted by atomic mass is 9.72. The zero-order chi connectivity index (χ0) is 47.0. The summed E-state index contributed by atoms with van der Waals surface area (Å²) in [6, 6.07) is 22.7. The van der Waals surface area contributed by atoms with Crippen molar-refractivity contribution in [3.8, 4) is 5.69 Å². The van der Waals surface area contributed by atoms with Gasteiger partial charge in [0.05, 0.1) is 27.4 Å². The first-order valence-corrected chi connectivity index (χ1v) is 25.8. The number of aromatic amines is 1. The van der Waals surface area contributed by atoms with Gasteiger partial charge in [0.25, 0.3) is 15.9 Å². The van der Waals surface area contributed by atoms with Gasteiger partial charge in [0.1, 0.15) is 11.2 Å². The zero-order valence-corrected chi connectivity index (χ0v) is 40.2.